The molecule has 0 aromatic carbocycles. The molecule has 1 aliphatic rings. The molecule has 164 valence electrons. The maximum Gasteiger partial charge on any atom is 0.405 e. The monoisotopic (exact) mass is 460 g/mol. The van der Waals surface area contributed by atoms with Crippen molar-refractivity contribution < 1.29 is 26.7 Å². The minimum absolute atomic E-state index is 0.0449. The molecule has 31 heavy (non-hydrogen) atoms. The van der Waals surface area contributed by atoms with Gasteiger partial charge in [0.25, 0.3) is 0 Å². The van der Waals surface area contributed by atoms with Gasteiger partial charge in [0.2, 0.25) is 5.91 Å². The Morgan fingerprint density at radius 3 is 2.84 bits per heavy atom. The summed E-state index contributed by atoms with van der Waals surface area (Å²) >= 11 is 5.98. The number of amides is 1. The van der Waals surface area contributed by atoms with Crippen LogP contribution < -0.4 is 10.2 Å². The Balaban J connectivity index is 1.68. The first-order valence-corrected chi connectivity index (χ1v) is 9.41. The van der Waals surface area contributed by atoms with Crippen molar-refractivity contribution in [2.45, 2.75) is 24.8 Å². The molecule has 0 bridgehead atoms. The van der Waals surface area contributed by atoms with Gasteiger partial charge in [0.15, 0.2) is 17.5 Å². The van der Waals surface area contributed by atoms with Crippen LogP contribution in [-0.2, 0) is 4.79 Å². The van der Waals surface area contributed by atoms with Crippen LogP contribution in [0.1, 0.15) is 6.42 Å². The Bertz CT molecular complexity index is 1140. The van der Waals surface area contributed by atoms with Crippen LogP contribution >= 0.6 is 11.6 Å². The average molecular weight is 461 g/mol. The summed E-state index contributed by atoms with van der Waals surface area (Å²) in [5, 5.41) is 2.61. The lowest BCUT2D eigenvalue weighted by Gasteiger charge is -2.25. The van der Waals surface area contributed by atoms with E-state index in [1.807, 2.05) is 0 Å². The molecule has 2 atom stereocenters. The van der Waals surface area contributed by atoms with Gasteiger partial charge < -0.3 is 15.2 Å². The summed E-state index contributed by atoms with van der Waals surface area (Å²) in [6.45, 7) is -1.98. The summed E-state index contributed by atoms with van der Waals surface area (Å²) in [6, 6.07) is 0.247. The highest BCUT2D eigenvalue weighted by Gasteiger charge is 2.40. The Hall–Kier alpha value is -3.02. The van der Waals surface area contributed by atoms with E-state index >= 15 is 0 Å². The van der Waals surface area contributed by atoms with Crippen molar-refractivity contribution in [3.05, 3.63) is 35.5 Å². The molecule has 4 rings (SSSR count). The van der Waals surface area contributed by atoms with E-state index in [4.69, 9.17) is 11.6 Å². The van der Waals surface area contributed by atoms with Gasteiger partial charge in [-0.25, -0.2) is 23.7 Å². The molecule has 1 amide bonds. The quantitative estimate of drug-likeness (QED) is 0.583. The van der Waals surface area contributed by atoms with Crippen molar-refractivity contribution in [3.63, 3.8) is 0 Å². The molecule has 0 spiro atoms. The van der Waals surface area contributed by atoms with Crippen LogP contribution in [-0.4, -0.2) is 57.3 Å². The van der Waals surface area contributed by atoms with Crippen molar-refractivity contribution in [2.75, 3.05) is 18.0 Å². The molecular weight excluding hydrogens is 447 g/mol. The van der Waals surface area contributed by atoms with E-state index in [1.165, 1.54) is 12.4 Å². The molecule has 1 saturated heterocycles. The lowest BCUT2D eigenvalue weighted by molar-refractivity contribution is -0.139. The molecule has 7 nitrogen and oxygen atoms in total. The molecule has 1 aliphatic heterocycles. The van der Waals surface area contributed by atoms with Crippen molar-refractivity contribution in [1.82, 2.24) is 25.3 Å². The topological polar surface area (TPSA) is 86.8 Å². The zero-order chi connectivity index (χ0) is 22.3. The third-order valence-electron chi connectivity index (χ3n) is 4.75. The molecule has 13 heteroatoms. The summed E-state index contributed by atoms with van der Waals surface area (Å²) in [5.41, 5.74) is 0.906. The first kappa shape index (κ1) is 21.2. The summed E-state index contributed by atoms with van der Waals surface area (Å²) in [7, 11) is 0. The number of pyridine rings is 1. The second-order valence-electron chi connectivity index (χ2n) is 6.95. The number of aromatic nitrogens is 4. The first-order valence-electron chi connectivity index (χ1n) is 9.03. The first-order chi connectivity index (χ1) is 14.6. The Morgan fingerprint density at radius 2 is 2.10 bits per heavy atom. The maximum atomic E-state index is 14.5. The largest absolute Gasteiger partial charge is 0.405 e. The lowest BCUT2D eigenvalue weighted by atomic mass is 10.2. The fraction of sp³-hybridized carbons (Fsp3) is 0.333. The number of H-pyrrole nitrogens is 1. The van der Waals surface area contributed by atoms with Crippen LogP contribution in [0.25, 0.3) is 22.4 Å². The number of alkyl halides is 4. The van der Waals surface area contributed by atoms with Gasteiger partial charge in [0.1, 0.15) is 24.4 Å². The number of aromatic amines is 1. The number of halogens is 6. The molecule has 0 unspecified atom stereocenters. The summed E-state index contributed by atoms with van der Waals surface area (Å²) in [5.74, 6) is -2.35. The number of carbonyl (C=O) groups excluding carboxylic acids is 1. The molecule has 1 fully saturated rings. The summed E-state index contributed by atoms with van der Waals surface area (Å²) in [6.07, 6.45) is -2.76. The minimum Gasteiger partial charge on any atom is -0.345 e. The van der Waals surface area contributed by atoms with E-state index in [1.54, 1.807) is 11.4 Å². The lowest BCUT2D eigenvalue weighted by Crippen LogP contribution is -2.46. The van der Waals surface area contributed by atoms with Crippen LogP contribution in [0.5, 0.6) is 0 Å². The highest BCUT2D eigenvalue weighted by molar-refractivity contribution is 6.31. The van der Waals surface area contributed by atoms with E-state index in [0.29, 0.717) is 21.6 Å². The summed E-state index contributed by atoms with van der Waals surface area (Å²) < 4.78 is 65.9. The highest BCUT2D eigenvalue weighted by Crippen LogP contribution is 2.32. The third kappa shape index (κ3) is 4.38. The van der Waals surface area contributed by atoms with Crippen LogP contribution in [0.4, 0.5) is 27.8 Å². The van der Waals surface area contributed by atoms with E-state index in [-0.39, 0.29) is 11.6 Å². The molecule has 0 saturated carbocycles. The predicted molar refractivity (Wildman–Crippen MR) is 102 cm³/mol. The second kappa shape index (κ2) is 7.91. The Morgan fingerprint density at radius 1 is 1.32 bits per heavy atom. The van der Waals surface area contributed by atoms with E-state index in [2.05, 4.69) is 19.9 Å². The number of hydrogen-bond donors (Lipinski definition) is 2. The van der Waals surface area contributed by atoms with Gasteiger partial charge in [0.05, 0.1) is 17.8 Å². The summed E-state index contributed by atoms with van der Waals surface area (Å²) in [4.78, 5) is 28.3. The van der Waals surface area contributed by atoms with Gasteiger partial charge in [-0.15, -0.1) is 0 Å². The molecule has 2 N–H and O–H groups in total. The zero-order valence-electron chi connectivity index (χ0n) is 15.6. The zero-order valence-corrected chi connectivity index (χ0v) is 16.3. The second-order valence-corrected chi connectivity index (χ2v) is 7.39. The third-order valence-corrected chi connectivity index (χ3v) is 4.96. The van der Waals surface area contributed by atoms with E-state index in [9.17, 15) is 26.7 Å². The molecule has 3 aromatic rings. The molecule has 0 aliphatic carbocycles. The predicted octanol–water partition coefficient (Wildman–Crippen LogP) is 3.41. The number of fused-ring (bicyclic) bond motifs is 1. The molecule has 4 heterocycles. The van der Waals surface area contributed by atoms with Crippen molar-refractivity contribution in [1.29, 1.82) is 0 Å². The SMILES string of the molecule is O=C(NCC(F)(F)F)[C@H]1C[C@@H](F)CN1c1nc(-c2c[nH]c3ncc(Cl)cc23)ncc1F. The highest BCUT2D eigenvalue weighted by atomic mass is 35.5. The van der Waals surface area contributed by atoms with Gasteiger partial charge in [-0.1, -0.05) is 11.6 Å². The minimum atomic E-state index is -4.63. The fourth-order valence-electron chi connectivity index (χ4n) is 3.42. The normalized spacial score (nSPS) is 19.2. The van der Waals surface area contributed by atoms with E-state index < -0.39 is 49.6 Å². The van der Waals surface area contributed by atoms with Gasteiger partial charge in [0, 0.05) is 29.8 Å². The fourth-order valence-corrected chi connectivity index (χ4v) is 3.58. The van der Waals surface area contributed by atoms with Crippen LogP contribution in [0.2, 0.25) is 5.02 Å². The van der Waals surface area contributed by atoms with Gasteiger partial charge >= 0.3 is 6.18 Å². The van der Waals surface area contributed by atoms with Crippen LogP contribution in [0, 0.1) is 5.82 Å². The average Bonchev–Trinajstić information content (AvgIpc) is 3.29. The smallest absolute Gasteiger partial charge is 0.345 e. The Kier molecular flexibility index (Phi) is 5.42. The Labute approximate surface area is 176 Å². The van der Waals surface area contributed by atoms with Crippen LogP contribution in [0.15, 0.2) is 24.7 Å². The van der Waals surface area contributed by atoms with Crippen molar-refractivity contribution >= 4 is 34.4 Å². The van der Waals surface area contributed by atoms with Gasteiger partial charge in [-0.05, 0) is 6.07 Å². The molecular formula is C18H14ClF5N6O. The van der Waals surface area contributed by atoms with Crippen molar-refractivity contribution in [3.8, 4) is 11.4 Å². The number of hydrogen-bond acceptors (Lipinski definition) is 5. The number of carbonyl (C=O) groups is 1. The number of nitrogens with one attached hydrogen (secondary N) is 2. The van der Waals surface area contributed by atoms with E-state index in [0.717, 1.165) is 11.1 Å². The molecule has 3 aromatic heterocycles. The van der Waals surface area contributed by atoms with Gasteiger partial charge in [-0.2, -0.15) is 13.2 Å². The number of nitrogens with zero attached hydrogens (tertiary/aromatic N) is 4. The van der Waals surface area contributed by atoms with Crippen LogP contribution in [0.3, 0.4) is 0 Å². The van der Waals surface area contributed by atoms with Crippen molar-refractivity contribution in [2.24, 2.45) is 0 Å². The van der Waals surface area contributed by atoms with Gasteiger partial charge in [-0.3, -0.25) is 4.79 Å². The molecule has 0 radical (unpaired) electrons. The standard InChI is InChI=1S/C18H14ClF5N6O/c19-8-1-10-11(4-26-14(10)25-3-8)15-27-5-12(21)16(29-15)30-6-9(20)2-13(30)17(31)28-7-18(22,23)24/h1,3-5,9,13H,2,6-7H2,(H,25,26)(H,28,31)/t9-,13-/m1/s1. The maximum absolute atomic E-state index is 14.5. The number of rotatable bonds is 4. The number of anilines is 1.